The maximum atomic E-state index is 9.80. The van der Waals surface area contributed by atoms with E-state index in [1.165, 1.54) is 31.4 Å². The molecule has 0 bridgehead atoms. The molecule has 82 valence electrons. The molecule has 15 heavy (non-hydrogen) atoms. The molecule has 0 spiro atoms. The van der Waals surface area contributed by atoms with E-state index in [0.717, 1.165) is 0 Å². The van der Waals surface area contributed by atoms with E-state index in [4.69, 9.17) is 0 Å². The average molecular weight is 207 g/mol. The van der Waals surface area contributed by atoms with E-state index in [1.807, 2.05) is 0 Å². The van der Waals surface area contributed by atoms with Crippen LogP contribution in [0.4, 0.5) is 5.82 Å². The third-order valence-corrected chi connectivity index (χ3v) is 1.27. The van der Waals surface area contributed by atoms with Gasteiger partial charge in [0.05, 0.1) is 6.20 Å². The summed E-state index contributed by atoms with van der Waals surface area (Å²) in [6.45, 7) is 4.36. The predicted molar refractivity (Wildman–Crippen MR) is 62.2 cm³/mol. The summed E-state index contributed by atoms with van der Waals surface area (Å²) in [5, 5.41) is 2.35. The van der Waals surface area contributed by atoms with Crippen LogP contribution in [0.1, 0.15) is 26.7 Å². The molecule has 0 saturated heterocycles. The van der Waals surface area contributed by atoms with Gasteiger partial charge in [0.25, 0.3) is 0 Å². The number of hydrogen-bond donors (Lipinski definition) is 1. The minimum Gasteiger partial charge on any atom is -0.312 e. The summed E-state index contributed by atoms with van der Waals surface area (Å²) in [6, 6.07) is 0. The summed E-state index contributed by atoms with van der Waals surface area (Å²) in [6.07, 6.45) is 15.7. The Morgan fingerprint density at radius 2 is 1.93 bits per heavy atom. The lowest BCUT2D eigenvalue weighted by Crippen LogP contribution is -1.95. The van der Waals surface area contributed by atoms with E-state index in [2.05, 4.69) is 42.0 Å². The smallest absolute Gasteiger partial charge is 0.212 e. The van der Waals surface area contributed by atoms with Gasteiger partial charge in [-0.25, -0.2) is 4.98 Å². The number of unbranched alkanes of at least 4 members (excludes halogenated alkanes) is 1. The first-order chi connectivity index (χ1) is 7.35. The number of amides is 1. The van der Waals surface area contributed by atoms with Gasteiger partial charge in [0, 0.05) is 12.4 Å². The number of hydrogen-bond acceptors (Lipinski definition) is 3. The average Bonchev–Trinajstić information content (AvgIpc) is 2.34. The molecule has 1 heterocycles. The second-order valence-electron chi connectivity index (χ2n) is 2.35. The molecule has 0 atom stereocenters. The standard InChI is InChI=1S/C5H5N3O.C4H10.C2H2/c9-4-8-5-3-6-1-2-7-5;1-3-4-2;1-2/h1-4H,(H,7,8,9);3-4H2,1-2H3;1-2H. The fourth-order valence-electron chi connectivity index (χ4n) is 0.434. The van der Waals surface area contributed by atoms with E-state index < -0.39 is 0 Å². The van der Waals surface area contributed by atoms with Gasteiger partial charge in [0.15, 0.2) is 5.82 Å². The monoisotopic (exact) mass is 207 g/mol. The Bertz CT molecular complexity index is 245. The van der Waals surface area contributed by atoms with Crippen molar-refractivity contribution in [1.29, 1.82) is 0 Å². The number of rotatable bonds is 3. The van der Waals surface area contributed by atoms with Gasteiger partial charge in [0.1, 0.15) is 0 Å². The van der Waals surface area contributed by atoms with Gasteiger partial charge in [-0.05, 0) is 0 Å². The predicted octanol–water partition coefficient (Wildman–Crippen LogP) is 2.10. The van der Waals surface area contributed by atoms with Crippen LogP contribution in [0.3, 0.4) is 0 Å². The zero-order valence-corrected chi connectivity index (χ0v) is 9.18. The van der Waals surface area contributed by atoms with Crippen molar-refractivity contribution in [2.45, 2.75) is 26.7 Å². The van der Waals surface area contributed by atoms with Crippen molar-refractivity contribution < 1.29 is 4.79 Å². The van der Waals surface area contributed by atoms with Crippen molar-refractivity contribution in [1.82, 2.24) is 9.97 Å². The molecule has 0 aliphatic carbocycles. The first-order valence-electron chi connectivity index (χ1n) is 4.64. The number of terminal acetylenes is 1. The van der Waals surface area contributed by atoms with Crippen LogP contribution >= 0.6 is 0 Å². The molecule has 1 aromatic heterocycles. The Morgan fingerprint density at radius 1 is 1.33 bits per heavy atom. The number of anilines is 1. The molecule has 0 aliphatic rings. The number of carbonyl (C=O) groups excluding carboxylic acids is 1. The Hall–Kier alpha value is -1.89. The summed E-state index contributed by atoms with van der Waals surface area (Å²) < 4.78 is 0. The van der Waals surface area contributed by atoms with Crippen LogP contribution in [-0.2, 0) is 4.79 Å². The Morgan fingerprint density at radius 3 is 2.27 bits per heavy atom. The van der Waals surface area contributed by atoms with Crippen LogP contribution < -0.4 is 5.32 Å². The lowest BCUT2D eigenvalue weighted by Gasteiger charge is -1.91. The molecule has 4 heteroatoms. The minimum absolute atomic E-state index is 0.465. The molecular formula is C11H17N3O. The Kier molecular flexibility index (Phi) is 15.2. The lowest BCUT2D eigenvalue weighted by molar-refractivity contribution is -0.105. The maximum Gasteiger partial charge on any atom is 0.212 e. The van der Waals surface area contributed by atoms with E-state index in [9.17, 15) is 4.79 Å². The highest BCUT2D eigenvalue weighted by Gasteiger charge is 1.84. The SMILES string of the molecule is C#C.CCCC.O=CNc1cnccn1. The number of aromatic nitrogens is 2. The molecule has 1 N–H and O–H groups in total. The van der Waals surface area contributed by atoms with Crippen molar-refractivity contribution in [2.75, 3.05) is 5.32 Å². The highest BCUT2D eigenvalue weighted by Crippen LogP contribution is 1.92. The second kappa shape index (κ2) is 14.6. The maximum absolute atomic E-state index is 9.80. The fraction of sp³-hybridized carbons (Fsp3) is 0.364. The first-order valence-corrected chi connectivity index (χ1v) is 4.64. The van der Waals surface area contributed by atoms with E-state index in [1.54, 1.807) is 0 Å². The molecule has 1 amide bonds. The first kappa shape index (κ1) is 15.6. The van der Waals surface area contributed by atoms with Crippen molar-refractivity contribution in [3.05, 3.63) is 18.6 Å². The highest BCUT2D eigenvalue weighted by atomic mass is 16.1. The van der Waals surface area contributed by atoms with E-state index in [-0.39, 0.29) is 0 Å². The van der Waals surface area contributed by atoms with E-state index >= 15 is 0 Å². The van der Waals surface area contributed by atoms with Crippen LogP contribution in [0.25, 0.3) is 0 Å². The number of nitrogens with zero attached hydrogens (tertiary/aromatic N) is 2. The minimum atomic E-state index is 0.465. The summed E-state index contributed by atoms with van der Waals surface area (Å²) in [4.78, 5) is 17.3. The summed E-state index contributed by atoms with van der Waals surface area (Å²) in [5.41, 5.74) is 0. The third-order valence-electron chi connectivity index (χ3n) is 1.27. The van der Waals surface area contributed by atoms with Crippen LogP contribution in [0.5, 0.6) is 0 Å². The molecule has 0 fully saturated rings. The van der Waals surface area contributed by atoms with Crippen LogP contribution in [0.2, 0.25) is 0 Å². The number of carbonyl (C=O) groups is 1. The summed E-state index contributed by atoms with van der Waals surface area (Å²) in [7, 11) is 0. The molecule has 0 radical (unpaired) electrons. The summed E-state index contributed by atoms with van der Waals surface area (Å²) in [5.74, 6) is 0.465. The fourth-order valence-corrected chi connectivity index (χ4v) is 0.434. The largest absolute Gasteiger partial charge is 0.312 e. The molecule has 0 aromatic carbocycles. The molecule has 0 unspecified atom stereocenters. The van der Waals surface area contributed by atoms with Gasteiger partial charge in [0.2, 0.25) is 6.41 Å². The molecule has 0 aliphatic heterocycles. The van der Waals surface area contributed by atoms with Gasteiger partial charge in [-0.1, -0.05) is 26.7 Å². The topological polar surface area (TPSA) is 54.9 Å². The lowest BCUT2D eigenvalue weighted by atomic mass is 10.4. The number of nitrogens with one attached hydrogen (secondary N) is 1. The van der Waals surface area contributed by atoms with Gasteiger partial charge in [-0.15, -0.1) is 12.8 Å². The van der Waals surface area contributed by atoms with Crippen molar-refractivity contribution in [3.8, 4) is 12.8 Å². The van der Waals surface area contributed by atoms with Crippen molar-refractivity contribution >= 4 is 12.2 Å². The molecule has 1 rings (SSSR count). The van der Waals surface area contributed by atoms with Crippen LogP contribution in [0.15, 0.2) is 18.6 Å². The van der Waals surface area contributed by atoms with Crippen molar-refractivity contribution in [2.24, 2.45) is 0 Å². The van der Waals surface area contributed by atoms with Crippen LogP contribution in [0, 0.1) is 12.8 Å². The van der Waals surface area contributed by atoms with Gasteiger partial charge in [-0.2, -0.15) is 0 Å². The molecule has 0 saturated carbocycles. The quantitative estimate of drug-likeness (QED) is 0.610. The van der Waals surface area contributed by atoms with Gasteiger partial charge < -0.3 is 5.32 Å². The molecular weight excluding hydrogens is 190 g/mol. The zero-order valence-electron chi connectivity index (χ0n) is 9.18. The van der Waals surface area contributed by atoms with Gasteiger partial charge >= 0.3 is 0 Å². The van der Waals surface area contributed by atoms with Gasteiger partial charge in [-0.3, -0.25) is 9.78 Å². The normalized spacial score (nSPS) is 7.20. The van der Waals surface area contributed by atoms with E-state index in [0.29, 0.717) is 12.2 Å². The summed E-state index contributed by atoms with van der Waals surface area (Å²) >= 11 is 0. The Balaban J connectivity index is 0. The molecule has 4 nitrogen and oxygen atoms in total. The highest BCUT2D eigenvalue weighted by molar-refractivity contribution is 5.67. The zero-order chi connectivity index (χ0) is 11.9. The second-order valence-corrected chi connectivity index (χ2v) is 2.35. The van der Waals surface area contributed by atoms with Crippen molar-refractivity contribution in [3.63, 3.8) is 0 Å². The molecule has 1 aromatic rings. The Labute approximate surface area is 91.1 Å². The third kappa shape index (κ3) is 12.1. The van der Waals surface area contributed by atoms with Crippen LogP contribution in [-0.4, -0.2) is 16.4 Å².